The fourth-order valence-corrected chi connectivity index (χ4v) is 13.1. The molecule has 3 aliphatic carbocycles. The second kappa shape index (κ2) is 16.4. The first-order valence-corrected chi connectivity index (χ1v) is 25.8. The molecule has 0 N–H and O–H groups in total. The minimum atomic E-state index is 0.263. The normalized spacial score (nSPS) is 16.7. The van der Waals surface area contributed by atoms with Gasteiger partial charge in [-0.25, -0.2) is 0 Å². The molecule has 338 valence electrons. The van der Waals surface area contributed by atoms with Gasteiger partial charge in [0.25, 0.3) is 0 Å². The average Bonchev–Trinajstić information content (AvgIpc) is 3.99. The molecule has 1 unspecified atom stereocenters. The van der Waals surface area contributed by atoms with Crippen LogP contribution in [0.5, 0.6) is 0 Å². The average molecular weight is 897 g/mol. The SMILES string of the molecule is CC1Cc2ccc(N(c3ccc(C4CCCCC4)cc3)c3cccc4c3oc3ccccc34)c3ccc4ccc(N(c5ccc(C6CCCCC6)cc5)c5cccc6c5oc5ccccc56)c1c4c23. The third-order valence-electron chi connectivity index (χ3n) is 16.4. The number of fused-ring (bicyclic) bond motifs is 6. The molecule has 0 bridgehead atoms. The maximum absolute atomic E-state index is 6.86. The van der Waals surface area contributed by atoms with Gasteiger partial charge in [-0.1, -0.05) is 155 Å². The molecule has 2 heterocycles. The lowest BCUT2D eigenvalue weighted by Crippen LogP contribution is -2.17. The molecular weight excluding hydrogens is 841 g/mol. The predicted octanol–water partition coefficient (Wildman–Crippen LogP) is 19.5. The molecule has 14 rings (SSSR count). The summed E-state index contributed by atoms with van der Waals surface area (Å²) in [5.41, 5.74) is 16.1. The summed E-state index contributed by atoms with van der Waals surface area (Å²) >= 11 is 0. The number of benzene rings is 9. The molecule has 0 aliphatic heterocycles. The van der Waals surface area contributed by atoms with Gasteiger partial charge in [-0.3, -0.25) is 0 Å². The molecule has 1 atom stereocenters. The monoisotopic (exact) mass is 896 g/mol. The number of hydrogen-bond acceptors (Lipinski definition) is 4. The Morgan fingerprint density at radius 2 is 0.884 bits per heavy atom. The van der Waals surface area contributed by atoms with Crippen LogP contribution in [0.25, 0.3) is 65.4 Å². The first kappa shape index (κ1) is 40.7. The van der Waals surface area contributed by atoms with E-state index in [0.717, 1.165) is 78.7 Å². The highest BCUT2D eigenvalue weighted by Crippen LogP contribution is 2.53. The van der Waals surface area contributed by atoms with Crippen molar-refractivity contribution in [1.29, 1.82) is 0 Å². The van der Waals surface area contributed by atoms with Crippen LogP contribution in [0.15, 0.2) is 179 Å². The van der Waals surface area contributed by atoms with Crippen LogP contribution >= 0.6 is 0 Å². The summed E-state index contributed by atoms with van der Waals surface area (Å²) in [5, 5.41) is 9.75. The minimum Gasteiger partial charge on any atom is -0.454 e. The zero-order chi connectivity index (χ0) is 45.6. The fraction of sp³-hybridized carbons (Fsp3) is 0.231. The Bertz CT molecular complexity index is 3750. The highest BCUT2D eigenvalue weighted by molar-refractivity contribution is 6.19. The van der Waals surface area contributed by atoms with Gasteiger partial charge in [0.2, 0.25) is 0 Å². The Morgan fingerprint density at radius 1 is 0.391 bits per heavy atom. The zero-order valence-electron chi connectivity index (χ0n) is 39.4. The van der Waals surface area contributed by atoms with Gasteiger partial charge in [-0.05, 0) is 149 Å². The van der Waals surface area contributed by atoms with Crippen molar-refractivity contribution in [2.75, 3.05) is 9.80 Å². The number of hydrogen-bond donors (Lipinski definition) is 0. The Labute approximate surface area is 403 Å². The van der Waals surface area contributed by atoms with E-state index in [1.165, 1.54) is 114 Å². The summed E-state index contributed by atoms with van der Waals surface area (Å²) in [6.45, 7) is 2.43. The zero-order valence-corrected chi connectivity index (χ0v) is 39.4. The van der Waals surface area contributed by atoms with Crippen molar-refractivity contribution in [2.45, 2.75) is 95.3 Å². The molecule has 0 amide bonds. The van der Waals surface area contributed by atoms with Gasteiger partial charge in [0, 0.05) is 38.3 Å². The van der Waals surface area contributed by atoms with E-state index < -0.39 is 0 Å². The van der Waals surface area contributed by atoms with Gasteiger partial charge in [0.1, 0.15) is 11.2 Å². The van der Waals surface area contributed by atoms with Crippen molar-refractivity contribution in [1.82, 2.24) is 0 Å². The second-order valence-corrected chi connectivity index (χ2v) is 20.5. The van der Waals surface area contributed by atoms with Crippen molar-refractivity contribution >= 4 is 99.5 Å². The minimum absolute atomic E-state index is 0.263. The van der Waals surface area contributed by atoms with E-state index in [2.05, 4.69) is 187 Å². The second-order valence-electron chi connectivity index (χ2n) is 20.5. The van der Waals surface area contributed by atoms with Crippen LogP contribution in [-0.2, 0) is 6.42 Å². The molecule has 2 fully saturated rings. The molecule has 0 spiro atoms. The molecule has 4 nitrogen and oxygen atoms in total. The third kappa shape index (κ3) is 6.62. The number of anilines is 6. The summed E-state index contributed by atoms with van der Waals surface area (Å²) in [5.74, 6) is 1.53. The number of furan rings is 2. The van der Waals surface area contributed by atoms with E-state index in [9.17, 15) is 0 Å². The standard InChI is InChI=1S/C65H56N2O2/c1-41-40-47-32-38-55(66(48-33-26-44(27-34-48)42-14-4-2-5-15-42)57-22-12-20-52-50-18-8-10-24-59(50)68-64(52)57)54-37-30-46-31-39-56(61(41)63(46)62(47)54)67(49-35-28-45(29-36-49)43-16-6-3-7-17-43)58-23-13-21-53-51-19-9-11-25-60(51)69-65(53)58/h8-13,18-39,41-43H,2-7,14-17,40H2,1H3. The summed E-state index contributed by atoms with van der Waals surface area (Å²) < 4.78 is 13.7. The molecule has 9 aromatic carbocycles. The van der Waals surface area contributed by atoms with Crippen LogP contribution in [0, 0.1) is 0 Å². The van der Waals surface area contributed by atoms with Crippen molar-refractivity contribution in [3.05, 3.63) is 192 Å². The van der Waals surface area contributed by atoms with Crippen LogP contribution in [0.3, 0.4) is 0 Å². The molecular formula is C65H56N2O2. The molecule has 0 saturated heterocycles. The van der Waals surface area contributed by atoms with Gasteiger partial charge >= 0.3 is 0 Å². The van der Waals surface area contributed by atoms with Gasteiger partial charge in [-0.15, -0.1) is 0 Å². The van der Waals surface area contributed by atoms with E-state index in [1.807, 2.05) is 0 Å². The summed E-state index contributed by atoms with van der Waals surface area (Å²) in [6.07, 6.45) is 14.1. The Balaban J connectivity index is 0.995. The van der Waals surface area contributed by atoms with Crippen LogP contribution in [0.1, 0.15) is 111 Å². The number of nitrogens with zero attached hydrogens (tertiary/aromatic N) is 2. The Kier molecular flexibility index (Phi) is 9.71. The van der Waals surface area contributed by atoms with E-state index in [1.54, 1.807) is 0 Å². The molecule has 4 heteroatoms. The predicted molar refractivity (Wildman–Crippen MR) is 289 cm³/mol. The number of para-hydroxylation sites is 4. The Hall–Kier alpha value is -7.30. The van der Waals surface area contributed by atoms with Gasteiger partial charge in [0.15, 0.2) is 11.2 Å². The first-order valence-electron chi connectivity index (χ1n) is 25.8. The van der Waals surface area contributed by atoms with Gasteiger partial charge < -0.3 is 18.6 Å². The van der Waals surface area contributed by atoms with E-state index in [4.69, 9.17) is 8.83 Å². The summed E-state index contributed by atoms with van der Waals surface area (Å²) in [4.78, 5) is 4.99. The van der Waals surface area contributed by atoms with E-state index >= 15 is 0 Å². The summed E-state index contributed by atoms with van der Waals surface area (Å²) in [7, 11) is 0. The lowest BCUT2D eigenvalue weighted by Gasteiger charge is -2.34. The maximum atomic E-state index is 6.86. The molecule has 3 aliphatic rings. The topological polar surface area (TPSA) is 32.8 Å². The third-order valence-corrected chi connectivity index (χ3v) is 16.4. The molecule has 2 saturated carbocycles. The molecule has 0 radical (unpaired) electrons. The Morgan fingerprint density at radius 3 is 1.45 bits per heavy atom. The molecule has 11 aromatic rings. The summed E-state index contributed by atoms with van der Waals surface area (Å²) in [6, 6.07) is 63.6. The lowest BCUT2D eigenvalue weighted by molar-refractivity contribution is 0.443. The number of rotatable bonds is 8. The van der Waals surface area contributed by atoms with Crippen molar-refractivity contribution < 1.29 is 8.83 Å². The van der Waals surface area contributed by atoms with Gasteiger partial charge in [-0.2, -0.15) is 0 Å². The lowest BCUT2D eigenvalue weighted by atomic mass is 9.79. The molecule has 2 aromatic heterocycles. The quantitative estimate of drug-likeness (QED) is 0.142. The van der Waals surface area contributed by atoms with Crippen LogP contribution in [0.2, 0.25) is 0 Å². The van der Waals surface area contributed by atoms with Crippen molar-refractivity contribution in [2.24, 2.45) is 0 Å². The fourth-order valence-electron chi connectivity index (χ4n) is 13.1. The highest BCUT2D eigenvalue weighted by atomic mass is 16.3. The van der Waals surface area contributed by atoms with Crippen LogP contribution in [-0.4, -0.2) is 0 Å². The van der Waals surface area contributed by atoms with Crippen molar-refractivity contribution in [3.8, 4) is 0 Å². The van der Waals surface area contributed by atoms with Gasteiger partial charge in [0.05, 0.1) is 22.7 Å². The highest BCUT2D eigenvalue weighted by Gasteiger charge is 2.31. The maximum Gasteiger partial charge on any atom is 0.159 e. The smallest absolute Gasteiger partial charge is 0.159 e. The largest absolute Gasteiger partial charge is 0.454 e. The first-order chi connectivity index (χ1) is 34.1. The van der Waals surface area contributed by atoms with E-state index in [0.29, 0.717) is 11.8 Å². The molecule has 69 heavy (non-hydrogen) atoms. The van der Waals surface area contributed by atoms with E-state index in [-0.39, 0.29) is 5.92 Å². The van der Waals surface area contributed by atoms with Crippen LogP contribution in [0.4, 0.5) is 34.1 Å². The van der Waals surface area contributed by atoms with Crippen molar-refractivity contribution in [3.63, 3.8) is 0 Å². The van der Waals surface area contributed by atoms with Crippen LogP contribution < -0.4 is 9.80 Å².